The van der Waals surface area contributed by atoms with E-state index in [4.69, 9.17) is 0 Å². The van der Waals surface area contributed by atoms with Gasteiger partial charge in [-0.05, 0) is 12.8 Å². The Morgan fingerprint density at radius 1 is 1.00 bits per heavy atom. The van der Waals surface area contributed by atoms with E-state index in [1.54, 1.807) is 4.90 Å². The molecule has 0 aliphatic carbocycles. The summed E-state index contributed by atoms with van der Waals surface area (Å²) >= 11 is 0. The highest BCUT2D eigenvalue weighted by atomic mass is 16.6. The third kappa shape index (κ3) is 3.46. The van der Waals surface area contributed by atoms with Gasteiger partial charge >= 0.3 is 0 Å². The topological polar surface area (TPSA) is 106 Å². The zero-order valence-corrected chi connectivity index (χ0v) is 13.1. The number of amides is 1. The molecule has 23 heavy (non-hydrogen) atoms. The summed E-state index contributed by atoms with van der Waals surface area (Å²) in [5.41, 5.74) is -0.877. The molecule has 1 saturated heterocycles. The van der Waals surface area contributed by atoms with Crippen molar-refractivity contribution in [1.82, 2.24) is 4.90 Å². The molecule has 0 aromatic heterocycles. The van der Waals surface area contributed by atoms with Crippen LogP contribution in [0.1, 0.15) is 49.9 Å². The Balaban J connectivity index is 2.31. The maximum absolute atomic E-state index is 12.6. The van der Waals surface area contributed by atoms with Gasteiger partial charge in [-0.25, -0.2) is 0 Å². The largest absolute Gasteiger partial charge is 0.329 e. The first-order valence-electron chi connectivity index (χ1n) is 7.67. The van der Waals surface area contributed by atoms with Crippen LogP contribution < -0.4 is 0 Å². The number of non-ortho nitro benzene ring substituents is 2. The van der Waals surface area contributed by atoms with Gasteiger partial charge in [-0.1, -0.05) is 26.7 Å². The number of nitro groups is 2. The Kier molecular flexibility index (Phi) is 4.92. The number of nitro benzene ring substituents is 2. The second-order valence-electron chi connectivity index (χ2n) is 5.68. The second-order valence-corrected chi connectivity index (χ2v) is 5.68. The van der Waals surface area contributed by atoms with Gasteiger partial charge in [-0.3, -0.25) is 25.0 Å². The number of carbonyl (C=O) groups excluding carboxylic acids is 1. The van der Waals surface area contributed by atoms with E-state index in [0.717, 1.165) is 43.9 Å². The highest BCUT2D eigenvalue weighted by Gasteiger charge is 2.49. The minimum Gasteiger partial charge on any atom is -0.329 e. The van der Waals surface area contributed by atoms with Crippen molar-refractivity contribution in [1.29, 1.82) is 0 Å². The summed E-state index contributed by atoms with van der Waals surface area (Å²) in [7, 11) is 0. The summed E-state index contributed by atoms with van der Waals surface area (Å²) < 4.78 is 0. The maximum atomic E-state index is 12.6. The van der Waals surface area contributed by atoms with Crippen molar-refractivity contribution in [2.45, 2.75) is 51.6 Å². The fourth-order valence-electron chi connectivity index (χ4n) is 2.97. The minimum absolute atomic E-state index is 0.00519. The molecule has 1 aliphatic rings. The van der Waals surface area contributed by atoms with E-state index in [9.17, 15) is 25.0 Å². The summed E-state index contributed by atoms with van der Waals surface area (Å²) in [6.07, 6.45) is 3.61. The SMILES string of the molecule is CCC[C@@H]1[C@H](CCC)N1C(=O)c1cc([N+](=O)[O-])cc([N+](=O)[O-])c1. The molecule has 2 atom stereocenters. The molecule has 0 bridgehead atoms. The monoisotopic (exact) mass is 321 g/mol. The van der Waals surface area contributed by atoms with Crippen LogP contribution in [0.25, 0.3) is 0 Å². The van der Waals surface area contributed by atoms with Crippen LogP contribution in [-0.4, -0.2) is 32.7 Å². The Morgan fingerprint density at radius 3 is 1.78 bits per heavy atom. The second kappa shape index (κ2) is 6.72. The zero-order chi connectivity index (χ0) is 17.1. The van der Waals surface area contributed by atoms with Crippen molar-refractivity contribution in [2.24, 2.45) is 0 Å². The molecule has 1 aromatic carbocycles. The maximum Gasteiger partial charge on any atom is 0.277 e. The number of hydrogen-bond donors (Lipinski definition) is 0. The third-order valence-electron chi connectivity index (χ3n) is 4.04. The molecule has 1 aromatic rings. The van der Waals surface area contributed by atoms with E-state index < -0.39 is 21.2 Å². The first-order valence-corrected chi connectivity index (χ1v) is 7.67. The van der Waals surface area contributed by atoms with Crippen LogP contribution in [0.5, 0.6) is 0 Å². The summed E-state index contributed by atoms with van der Waals surface area (Å²) in [6.45, 7) is 4.06. The van der Waals surface area contributed by atoms with Gasteiger partial charge in [0.05, 0.1) is 33.6 Å². The van der Waals surface area contributed by atoms with Gasteiger partial charge in [-0.2, -0.15) is 0 Å². The molecule has 1 heterocycles. The highest BCUT2D eigenvalue weighted by molar-refractivity contribution is 5.97. The van der Waals surface area contributed by atoms with Crippen LogP contribution >= 0.6 is 0 Å². The average Bonchev–Trinajstić information content (AvgIpc) is 3.19. The van der Waals surface area contributed by atoms with E-state index in [1.165, 1.54) is 0 Å². The lowest BCUT2D eigenvalue weighted by Gasteiger charge is -2.05. The predicted molar refractivity (Wildman–Crippen MR) is 83.3 cm³/mol. The predicted octanol–water partition coefficient (Wildman–Crippen LogP) is 3.30. The summed E-state index contributed by atoms with van der Waals surface area (Å²) in [5.74, 6) is -0.367. The summed E-state index contributed by atoms with van der Waals surface area (Å²) in [5, 5.41) is 21.9. The first-order chi connectivity index (χ1) is 10.9. The van der Waals surface area contributed by atoms with E-state index in [-0.39, 0.29) is 23.6 Å². The van der Waals surface area contributed by atoms with E-state index in [1.807, 2.05) is 13.8 Å². The van der Waals surface area contributed by atoms with Crippen molar-refractivity contribution in [3.8, 4) is 0 Å². The van der Waals surface area contributed by atoms with Gasteiger partial charge < -0.3 is 4.90 Å². The van der Waals surface area contributed by atoms with Crippen molar-refractivity contribution in [3.05, 3.63) is 44.0 Å². The van der Waals surface area contributed by atoms with Crippen LogP contribution in [0, 0.1) is 20.2 Å². The molecule has 0 N–H and O–H groups in total. The zero-order valence-electron chi connectivity index (χ0n) is 13.1. The number of hydrogen-bond acceptors (Lipinski definition) is 5. The van der Waals surface area contributed by atoms with E-state index >= 15 is 0 Å². The van der Waals surface area contributed by atoms with Crippen molar-refractivity contribution < 1.29 is 14.6 Å². The van der Waals surface area contributed by atoms with Gasteiger partial charge in [0.25, 0.3) is 17.3 Å². The van der Waals surface area contributed by atoms with Crippen LogP contribution in [-0.2, 0) is 0 Å². The first kappa shape index (κ1) is 16.9. The van der Waals surface area contributed by atoms with E-state index in [2.05, 4.69) is 0 Å². The highest BCUT2D eigenvalue weighted by Crippen LogP contribution is 2.38. The summed E-state index contributed by atoms with van der Waals surface area (Å²) in [6, 6.07) is 3.35. The molecule has 0 saturated carbocycles. The molecule has 1 fully saturated rings. The lowest BCUT2D eigenvalue weighted by molar-refractivity contribution is -0.394. The van der Waals surface area contributed by atoms with E-state index in [0.29, 0.717) is 0 Å². The Bertz CT molecular complexity index is 602. The molecule has 0 radical (unpaired) electrons. The molecule has 1 amide bonds. The molecule has 124 valence electrons. The molecule has 0 spiro atoms. The summed E-state index contributed by atoms with van der Waals surface area (Å²) in [4.78, 5) is 34.7. The quantitative estimate of drug-likeness (QED) is 0.435. The standard InChI is InChI=1S/C15H19N3O5/c1-3-5-13-14(6-4-2)16(13)15(19)10-7-11(17(20)21)9-12(8-10)18(22)23/h7-9,13-14H,3-6H2,1-2H3/t13-,14+,16?. The van der Waals surface area contributed by atoms with Gasteiger partial charge in [-0.15, -0.1) is 0 Å². The van der Waals surface area contributed by atoms with Crippen molar-refractivity contribution >= 4 is 17.3 Å². The van der Waals surface area contributed by atoms with Crippen molar-refractivity contribution in [2.75, 3.05) is 0 Å². The Morgan fingerprint density at radius 2 is 1.43 bits per heavy atom. The molecular formula is C15H19N3O5. The molecule has 0 unspecified atom stereocenters. The lowest BCUT2D eigenvalue weighted by atomic mass is 10.1. The van der Waals surface area contributed by atoms with Crippen LogP contribution in [0.15, 0.2) is 18.2 Å². The van der Waals surface area contributed by atoms with Crippen LogP contribution in [0.4, 0.5) is 11.4 Å². The smallest absolute Gasteiger partial charge is 0.277 e. The Hall–Kier alpha value is -2.51. The molecule has 2 rings (SSSR count). The fourth-order valence-corrected chi connectivity index (χ4v) is 2.97. The number of nitrogens with zero attached hydrogens (tertiary/aromatic N) is 3. The molecular weight excluding hydrogens is 302 g/mol. The number of benzene rings is 1. The van der Waals surface area contributed by atoms with Crippen molar-refractivity contribution in [3.63, 3.8) is 0 Å². The minimum atomic E-state index is -0.723. The molecule has 8 nitrogen and oxygen atoms in total. The molecule has 1 aliphatic heterocycles. The number of rotatable bonds is 7. The van der Waals surface area contributed by atoms with Crippen LogP contribution in [0.3, 0.4) is 0 Å². The Labute approximate surface area is 133 Å². The third-order valence-corrected chi connectivity index (χ3v) is 4.04. The van der Waals surface area contributed by atoms with Gasteiger partial charge in [0.2, 0.25) is 0 Å². The van der Waals surface area contributed by atoms with Crippen LogP contribution in [0.2, 0.25) is 0 Å². The molecule has 8 heteroatoms. The van der Waals surface area contributed by atoms with Gasteiger partial charge in [0.1, 0.15) is 0 Å². The number of carbonyl (C=O) groups is 1. The normalized spacial score (nSPS) is 19.5. The average molecular weight is 321 g/mol. The van der Waals surface area contributed by atoms with Gasteiger partial charge in [0.15, 0.2) is 0 Å². The lowest BCUT2D eigenvalue weighted by Crippen LogP contribution is -2.15. The fraction of sp³-hybridized carbons (Fsp3) is 0.533. The van der Waals surface area contributed by atoms with Gasteiger partial charge in [0, 0.05) is 12.1 Å².